The normalized spacial score (nSPS) is 10.7. The fourth-order valence-electron chi connectivity index (χ4n) is 2.60. The fourth-order valence-corrected chi connectivity index (χ4v) is 3.04. The second-order valence-corrected chi connectivity index (χ2v) is 7.67. The molecule has 0 aliphatic rings. The van der Waals surface area contributed by atoms with Crippen molar-refractivity contribution in [3.63, 3.8) is 0 Å². The molecular formula is C21H21BrClN3O2. The van der Waals surface area contributed by atoms with Crippen LogP contribution in [0.1, 0.15) is 28.0 Å². The third-order valence-electron chi connectivity index (χ3n) is 4.17. The molecule has 3 rings (SSSR count). The Bertz CT molecular complexity index is 904. The quantitative estimate of drug-likeness (QED) is 0.479. The number of rotatable bonds is 8. The molecule has 0 aliphatic heterocycles. The predicted molar refractivity (Wildman–Crippen MR) is 114 cm³/mol. The van der Waals surface area contributed by atoms with Crippen LogP contribution in [0.15, 0.2) is 59.2 Å². The molecule has 28 heavy (non-hydrogen) atoms. The van der Waals surface area contributed by atoms with Gasteiger partial charge < -0.3 is 10.1 Å². The highest BCUT2D eigenvalue weighted by molar-refractivity contribution is 9.10. The van der Waals surface area contributed by atoms with Crippen LogP contribution in [0, 0.1) is 6.92 Å². The van der Waals surface area contributed by atoms with Gasteiger partial charge in [0, 0.05) is 29.9 Å². The standard InChI is InChI=1S/C21H21BrClN3O2/c1-15-20(22)13-26(25-15)12-2-11-24-21(27)17-5-3-16(4-6-17)14-28-19-9-7-18(23)8-10-19/h3-10,13H,2,11-12,14H2,1H3,(H,24,27). The molecule has 0 saturated carbocycles. The number of hydrogen-bond acceptors (Lipinski definition) is 3. The summed E-state index contributed by atoms with van der Waals surface area (Å²) in [5.41, 5.74) is 2.59. The number of amides is 1. The van der Waals surface area contributed by atoms with Crippen molar-refractivity contribution in [3.05, 3.63) is 81.0 Å². The van der Waals surface area contributed by atoms with Gasteiger partial charge in [0.05, 0.1) is 10.2 Å². The second kappa shape index (κ2) is 9.75. The van der Waals surface area contributed by atoms with Crippen LogP contribution in [0.25, 0.3) is 0 Å². The molecule has 1 amide bonds. The molecule has 146 valence electrons. The lowest BCUT2D eigenvalue weighted by atomic mass is 10.1. The lowest BCUT2D eigenvalue weighted by Crippen LogP contribution is -2.25. The molecule has 1 N–H and O–H groups in total. The predicted octanol–water partition coefficient (Wildman–Crippen LogP) is 5.01. The Balaban J connectivity index is 1.42. The summed E-state index contributed by atoms with van der Waals surface area (Å²) >= 11 is 9.30. The Hall–Kier alpha value is -2.31. The number of nitrogens with one attached hydrogen (secondary N) is 1. The van der Waals surface area contributed by atoms with E-state index in [1.165, 1.54) is 0 Å². The highest BCUT2D eigenvalue weighted by Crippen LogP contribution is 2.17. The molecule has 0 atom stereocenters. The first kappa shape index (κ1) is 20.4. The van der Waals surface area contributed by atoms with Crippen LogP contribution < -0.4 is 10.1 Å². The van der Waals surface area contributed by atoms with Gasteiger partial charge in [0.2, 0.25) is 0 Å². The highest BCUT2D eigenvalue weighted by Gasteiger charge is 2.06. The van der Waals surface area contributed by atoms with Crippen molar-refractivity contribution in [1.82, 2.24) is 15.1 Å². The lowest BCUT2D eigenvalue weighted by molar-refractivity contribution is 0.0952. The average Bonchev–Trinajstić information content (AvgIpc) is 3.02. The molecule has 2 aromatic carbocycles. The number of aryl methyl sites for hydroxylation is 2. The Morgan fingerprint density at radius 3 is 2.54 bits per heavy atom. The maximum absolute atomic E-state index is 12.3. The van der Waals surface area contributed by atoms with Crippen LogP contribution in [0.5, 0.6) is 5.75 Å². The Morgan fingerprint density at radius 2 is 1.89 bits per heavy atom. The minimum Gasteiger partial charge on any atom is -0.489 e. The summed E-state index contributed by atoms with van der Waals surface area (Å²) in [5.74, 6) is 0.675. The molecule has 0 radical (unpaired) electrons. The second-order valence-electron chi connectivity index (χ2n) is 6.37. The molecule has 1 aromatic heterocycles. The van der Waals surface area contributed by atoms with E-state index in [0.717, 1.165) is 34.4 Å². The topological polar surface area (TPSA) is 56.2 Å². The summed E-state index contributed by atoms with van der Waals surface area (Å²) in [5, 5.41) is 7.99. The van der Waals surface area contributed by atoms with Crippen LogP contribution >= 0.6 is 27.5 Å². The van der Waals surface area contributed by atoms with Crippen molar-refractivity contribution in [2.75, 3.05) is 6.54 Å². The number of carbonyl (C=O) groups excluding carboxylic acids is 1. The molecule has 0 spiro atoms. The number of nitrogens with zero attached hydrogens (tertiary/aromatic N) is 2. The first-order valence-corrected chi connectivity index (χ1v) is 10.1. The van der Waals surface area contributed by atoms with E-state index in [1.807, 2.05) is 54.2 Å². The van der Waals surface area contributed by atoms with Gasteiger partial charge in [-0.1, -0.05) is 23.7 Å². The lowest BCUT2D eigenvalue weighted by Gasteiger charge is -2.08. The molecule has 3 aromatic rings. The number of benzene rings is 2. The van der Waals surface area contributed by atoms with E-state index in [9.17, 15) is 4.79 Å². The molecule has 7 heteroatoms. The summed E-state index contributed by atoms with van der Waals surface area (Å²) in [6.45, 7) is 3.74. The molecule has 5 nitrogen and oxygen atoms in total. The zero-order chi connectivity index (χ0) is 19.9. The van der Waals surface area contributed by atoms with Gasteiger partial charge in [0.25, 0.3) is 5.91 Å². The summed E-state index contributed by atoms with van der Waals surface area (Å²) in [6, 6.07) is 14.6. The van der Waals surface area contributed by atoms with Crippen molar-refractivity contribution in [3.8, 4) is 5.75 Å². The largest absolute Gasteiger partial charge is 0.489 e. The number of ether oxygens (including phenoxy) is 1. The molecule has 0 bridgehead atoms. The number of hydrogen-bond donors (Lipinski definition) is 1. The van der Waals surface area contributed by atoms with Crippen LogP contribution in [0.2, 0.25) is 5.02 Å². The minimum atomic E-state index is -0.0806. The van der Waals surface area contributed by atoms with E-state index < -0.39 is 0 Å². The molecule has 0 unspecified atom stereocenters. The maximum atomic E-state index is 12.3. The van der Waals surface area contributed by atoms with Gasteiger partial charge in [0.1, 0.15) is 12.4 Å². The monoisotopic (exact) mass is 461 g/mol. The van der Waals surface area contributed by atoms with Gasteiger partial charge in [0.15, 0.2) is 0 Å². The van der Waals surface area contributed by atoms with Gasteiger partial charge in [-0.3, -0.25) is 9.48 Å². The van der Waals surface area contributed by atoms with Gasteiger partial charge in [-0.05, 0) is 71.2 Å². The molecule has 0 fully saturated rings. The summed E-state index contributed by atoms with van der Waals surface area (Å²) in [4.78, 5) is 12.3. The summed E-state index contributed by atoms with van der Waals surface area (Å²) < 4.78 is 8.58. The van der Waals surface area contributed by atoms with Crippen molar-refractivity contribution in [1.29, 1.82) is 0 Å². The van der Waals surface area contributed by atoms with Crippen molar-refractivity contribution in [2.24, 2.45) is 0 Å². The van der Waals surface area contributed by atoms with Crippen LogP contribution in [0.4, 0.5) is 0 Å². The SMILES string of the molecule is Cc1nn(CCCNC(=O)c2ccc(COc3ccc(Cl)cc3)cc2)cc1Br. The van der Waals surface area contributed by atoms with E-state index in [2.05, 4.69) is 26.3 Å². The van der Waals surface area contributed by atoms with E-state index in [4.69, 9.17) is 16.3 Å². The highest BCUT2D eigenvalue weighted by atomic mass is 79.9. The molecular weight excluding hydrogens is 442 g/mol. The van der Waals surface area contributed by atoms with E-state index in [0.29, 0.717) is 23.7 Å². The van der Waals surface area contributed by atoms with E-state index >= 15 is 0 Å². The van der Waals surface area contributed by atoms with Crippen LogP contribution in [0.3, 0.4) is 0 Å². The number of aromatic nitrogens is 2. The first-order valence-electron chi connectivity index (χ1n) is 8.96. The van der Waals surface area contributed by atoms with Crippen molar-refractivity contribution >= 4 is 33.4 Å². The van der Waals surface area contributed by atoms with Crippen LogP contribution in [-0.4, -0.2) is 22.2 Å². The maximum Gasteiger partial charge on any atom is 0.251 e. The number of carbonyl (C=O) groups is 1. The zero-order valence-electron chi connectivity index (χ0n) is 15.5. The minimum absolute atomic E-state index is 0.0806. The number of halogens is 2. The summed E-state index contributed by atoms with van der Waals surface area (Å²) in [7, 11) is 0. The first-order chi connectivity index (χ1) is 13.5. The molecule has 0 saturated heterocycles. The fraction of sp³-hybridized carbons (Fsp3) is 0.238. The van der Waals surface area contributed by atoms with Gasteiger partial charge >= 0.3 is 0 Å². The Labute approximate surface area is 177 Å². The van der Waals surface area contributed by atoms with Gasteiger partial charge in [-0.25, -0.2) is 0 Å². The molecule has 1 heterocycles. The smallest absolute Gasteiger partial charge is 0.251 e. The average molecular weight is 463 g/mol. The Kier molecular flexibility index (Phi) is 7.12. The van der Waals surface area contributed by atoms with Crippen molar-refractivity contribution in [2.45, 2.75) is 26.5 Å². The summed E-state index contributed by atoms with van der Waals surface area (Å²) in [6.07, 6.45) is 2.76. The van der Waals surface area contributed by atoms with E-state index in [1.54, 1.807) is 12.1 Å². The molecule has 0 aliphatic carbocycles. The third-order valence-corrected chi connectivity index (χ3v) is 5.20. The van der Waals surface area contributed by atoms with Crippen molar-refractivity contribution < 1.29 is 9.53 Å². The Morgan fingerprint density at radius 1 is 1.18 bits per heavy atom. The van der Waals surface area contributed by atoms with Gasteiger partial charge in [-0.15, -0.1) is 0 Å². The van der Waals surface area contributed by atoms with Gasteiger partial charge in [-0.2, -0.15) is 5.10 Å². The van der Waals surface area contributed by atoms with E-state index in [-0.39, 0.29) is 5.91 Å². The third kappa shape index (κ3) is 5.84. The van der Waals surface area contributed by atoms with Crippen LogP contribution in [-0.2, 0) is 13.2 Å². The zero-order valence-corrected chi connectivity index (χ0v) is 17.8.